The SMILES string of the molecule is Cc1[n-]n(-c2ccc(S(=O)(=O)[O-])cc2)c(=O)c1N=Nc1ccccc1C(=O)[O-].Cc1[n-]n(-c2ccc(S(=O)(=O)[O-])cc2)c(=O)c1N=Nc1ccccc1C(=O)[O-].[Cr+3].[H+].[H+].[H+]. The van der Waals surface area contributed by atoms with Crippen LogP contribution in [0.15, 0.2) is 137 Å². The van der Waals surface area contributed by atoms with Gasteiger partial charge in [-0.2, -0.15) is 0 Å². The van der Waals surface area contributed by atoms with Crippen molar-refractivity contribution in [1.29, 1.82) is 0 Å². The summed E-state index contributed by atoms with van der Waals surface area (Å²) in [5, 5.41) is 45.5. The topological polar surface area (TPSA) is 316 Å². The number of carbonyl (C=O) groups excluding carboxylic acids is 2. The summed E-state index contributed by atoms with van der Waals surface area (Å²) in [7, 11) is -9.22. The van der Waals surface area contributed by atoms with E-state index in [9.17, 15) is 55.3 Å². The number of aromatic carboxylic acids is 2. The van der Waals surface area contributed by atoms with Gasteiger partial charge in [0.15, 0.2) is 0 Å². The molecule has 6 aromatic rings. The van der Waals surface area contributed by atoms with Crippen LogP contribution in [0.5, 0.6) is 0 Å². The van der Waals surface area contributed by atoms with E-state index in [2.05, 4.69) is 30.7 Å². The third kappa shape index (κ3) is 9.99. The van der Waals surface area contributed by atoms with E-state index in [1.165, 1.54) is 74.5 Å². The number of carboxylic acids is 2. The largest absolute Gasteiger partial charge is 3.00 e. The van der Waals surface area contributed by atoms with E-state index in [4.69, 9.17) is 0 Å². The Morgan fingerprint density at radius 2 is 0.877 bits per heavy atom. The molecule has 291 valence electrons. The van der Waals surface area contributed by atoms with Crippen LogP contribution in [0.25, 0.3) is 11.4 Å². The van der Waals surface area contributed by atoms with Crippen LogP contribution in [0.2, 0.25) is 0 Å². The van der Waals surface area contributed by atoms with Crippen molar-refractivity contribution >= 4 is 54.9 Å². The van der Waals surface area contributed by atoms with Gasteiger partial charge in [0.1, 0.15) is 31.6 Å². The molecule has 0 aliphatic rings. The molecule has 4 aromatic carbocycles. The summed E-state index contributed by atoms with van der Waals surface area (Å²) < 4.78 is 67.9. The fourth-order valence-electron chi connectivity index (χ4n) is 4.76. The minimum Gasteiger partial charge on any atom is -0.744 e. The molecule has 0 aliphatic carbocycles. The third-order valence-corrected chi connectivity index (χ3v) is 9.18. The van der Waals surface area contributed by atoms with Crippen LogP contribution in [-0.4, -0.2) is 47.2 Å². The van der Waals surface area contributed by atoms with E-state index in [1.54, 1.807) is 12.1 Å². The van der Waals surface area contributed by atoms with Crippen LogP contribution in [0, 0.1) is 13.8 Å². The van der Waals surface area contributed by atoms with E-state index in [1.807, 2.05) is 0 Å². The van der Waals surface area contributed by atoms with Crippen molar-refractivity contribution in [2.45, 2.75) is 23.6 Å². The summed E-state index contributed by atoms with van der Waals surface area (Å²) in [6, 6.07) is 20.8. The van der Waals surface area contributed by atoms with Gasteiger partial charge in [-0.25, -0.2) is 16.8 Å². The second-order valence-corrected chi connectivity index (χ2v) is 14.0. The maximum atomic E-state index is 12.6. The van der Waals surface area contributed by atoms with Gasteiger partial charge in [-0.1, -0.05) is 50.2 Å². The molecule has 0 fully saturated rings. The first kappa shape index (κ1) is 43.1. The molecule has 57 heavy (non-hydrogen) atoms. The molecule has 23 heteroatoms. The van der Waals surface area contributed by atoms with Gasteiger partial charge >= 0.3 is 21.6 Å². The maximum Gasteiger partial charge on any atom is 3.00 e. The zero-order chi connectivity index (χ0) is 40.9. The van der Waals surface area contributed by atoms with Crippen LogP contribution in [0.1, 0.15) is 36.4 Å². The van der Waals surface area contributed by atoms with E-state index < -0.39 is 53.1 Å². The molecular weight excluding hydrogens is 829 g/mol. The molecule has 20 nitrogen and oxygen atoms in total. The molecule has 0 saturated heterocycles. The van der Waals surface area contributed by atoms with E-state index in [-0.39, 0.29) is 78.3 Å². The van der Waals surface area contributed by atoms with Crippen molar-refractivity contribution in [3.05, 3.63) is 140 Å². The summed E-state index contributed by atoms with van der Waals surface area (Å²) in [6.07, 6.45) is 0. The number of rotatable bonds is 10. The molecular formula is C34H25CrN8O12S2. The summed E-state index contributed by atoms with van der Waals surface area (Å²) in [6.45, 7) is 3.01. The van der Waals surface area contributed by atoms with Gasteiger partial charge in [0.2, 0.25) is 0 Å². The predicted octanol–water partition coefficient (Wildman–Crippen LogP) is 1.91. The number of carboxylic acid groups (broad SMARTS) is 2. The normalized spacial score (nSPS) is 11.6. The van der Waals surface area contributed by atoms with Gasteiger partial charge in [-0.3, -0.25) is 9.59 Å². The van der Waals surface area contributed by atoms with Crippen molar-refractivity contribution < 1.29 is 67.4 Å². The average Bonchev–Trinajstić information content (AvgIpc) is 3.61. The Balaban J connectivity index is 0.000000562. The van der Waals surface area contributed by atoms with Crippen molar-refractivity contribution in [3.8, 4) is 11.4 Å². The molecule has 0 saturated carbocycles. The summed E-state index contributed by atoms with van der Waals surface area (Å²) in [5.74, 6) is -2.87. The number of aromatic nitrogens is 4. The van der Waals surface area contributed by atoms with Gasteiger partial charge in [-0.15, -0.1) is 31.8 Å². The van der Waals surface area contributed by atoms with Crippen molar-refractivity contribution in [1.82, 2.24) is 19.6 Å². The van der Waals surface area contributed by atoms with Crippen molar-refractivity contribution in [2.24, 2.45) is 20.5 Å². The first-order valence-corrected chi connectivity index (χ1v) is 18.3. The number of hydrogen-bond donors (Lipinski definition) is 0. The Labute approximate surface area is 336 Å². The molecule has 0 spiro atoms. The molecule has 0 aliphatic heterocycles. The molecule has 0 N–H and O–H groups in total. The Bertz CT molecular complexity index is 2700. The summed E-state index contributed by atoms with van der Waals surface area (Å²) in [5.41, 5.74) is -0.985. The van der Waals surface area contributed by atoms with E-state index >= 15 is 0 Å². The molecule has 2 aromatic heterocycles. The standard InChI is InChI=1S/2C17H14N4O6S.Cr/c2*1-10-15(19-18-14-5-3-2-4-13(14)17(23)24)16(22)21(20-10)11-6-8-12(9-7-11)28(25,26)27;/h2*2-9H,1H3,(H3,18,20,22,23,24,25,26,27);/q;;+3/p-3. The van der Waals surface area contributed by atoms with Gasteiger partial charge < -0.3 is 48.5 Å². The number of aryl methyl sites for hydroxylation is 2. The van der Waals surface area contributed by atoms with E-state index in [0.29, 0.717) is 0 Å². The third-order valence-electron chi connectivity index (χ3n) is 7.48. The summed E-state index contributed by atoms with van der Waals surface area (Å²) >= 11 is 0. The van der Waals surface area contributed by atoms with Crippen LogP contribution in [-0.2, 0) is 37.6 Å². The zero-order valence-corrected chi connectivity index (χ0v) is 31.8. The van der Waals surface area contributed by atoms with Crippen LogP contribution in [0.3, 0.4) is 0 Å². The van der Waals surface area contributed by atoms with Crippen LogP contribution < -0.4 is 31.5 Å². The molecule has 0 bridgehead atoms. The van der Waals surface area contributed by atoms with Gasteiger partial charge in [-0.05, 0) is 60.7 Å². The number of nitrogens with zero attached hydrogens (tertiary/aromatic N) is 8. The quantitative estimate of drug-likeness (QED) is 0.140. The Kier molecular flexibility index (Phi) is 13.2. The number of azo groups is 2. The predicted molar refractivity (Wildman–Crippen MR) is 189 cm³/mol. The zero-order valence-electron chi connectivity index (χ0n) is 31.9. The van der Waals surface area contributed by atoms with Gasteiger partial charge in [0.25, 0.3) is 11.1 Å². The Hall–Kier alpha value is -6.61. The minimum absolute atomic E-state index is 0. The van der Waals surface area contributed by atoms with Crippen LogP contribution in [0.4, 0.5) is 22.7 Å². The van der Waals surface area contributed by atoms with Gasteiger partial charge in [0.05, 0.1) is 33.1 Å². The Morgan fingerprint density at radius 3 is 1.18 bits per heavy atom. The number of benzene rings is 4. The molecule has 0 amide bonds. The second-order valence-electron chi connectivity index (χ2n) is 11.2. The van der Waals surface area contributed by atoms with Crippen molar-refractivity contribution in [3.63, 3.8) is 0 Å². The van der Waals surface area contributed by atoms with Crippen molar-refractivity contribution in [2.75, 3.05) is 0 Å². The molecule has 0 atom stereocenters. The first-order valence-electron chi connectivity index (χ1n) is 15.5. The molecule has 6 rings (SSSR count). The number of carbonyl (C=O) groups is 2. The fourth-order valence-corrected chi connectivity index (χ4v) is 5.70. The number of hydrogen-bond acceptors (Lipinski definition) is 16. The molecule has 2 heterocycles. The van der Waals surface area contributed by atoms with Gasteiger partial charge in [0, 0.05) is 22.5 Å². The summed E-state index contributed by atoms with van der Waals surface area (Å²) in [4.78, 5) is 46.4. The van der Waals surface area contributed by atoms with Crippen LogP contribution >= 0.6 is 0 Å². The minimum atomic E-state index is -4.61. The monoisotopic (exact) mass is 853 g/mol. The van der Waals surface area contributed by atoms with E-state index in [0.717, 1.165) is 33.6 Å². The average molecular weight is 854 g/mol. The molecule has 1 radical (unpaired) electrons. The smallest absolute Gasteiger partial charge is 0.744 e. The molecule has 0 unspecified atom stereocenters. The maximum absolute atomic E-state index is 12.6. The first-order chi connectivity index (χ1) is 26.4. The fraction of sp³-hybridized carbons (Fsp3) is 0.0588. The Morgan fingerprint density at radius 1 is 0.561 bits per heavy atom. The second kappa shape index (κ2) is 17.5.